The number of benzene rings is 1. The Morgan fingerprint density at radius 1 is 1.16 bits per heavy atom. The molecule has 4 rings (SSSR count). The maximum atomic E-state index is 12.7. The second kappa shape index (κ2) is 7.35. The van der Waals surface area contributed by atoms with Crippen molar-refractivity contribution in [2.45, 2.75) is 31.7 Å². The minimum Gasteiger partial charge on any atom is -0.337 e. The molecule has 0 aliphatic carbocycles. The van der Waals surface area contributed by atoms with Gasteiger partial charge in [-0.15, -0.1) is 5.10 Å². The van der Waals surface area contributed by atoms with Crippen molar-refractivity contribution in [3.63, 3.8) is 0 Å². The maximum absolute atomic E-state index is 12.7. The summed E-state index contributed by atoms with van der Waals surface area (Å²) in [6, 6.07) is 10.9. The number of aromatic nitrogens is 3. The lowest BCUT2D eigenvalue weighted by molar-refractivity contribution is 0.0781. The van der Waals surface area contributed by atoms with Crippen LogP contribution in [0.25, 0.3) is 0 Å². The summed E-state index contributed by atoms with van der Waals surface area (Å²) in [6.45, 7) is 3.63. The molecule has 2 aliphatic heterocycles. The second-order valence-corrected chi connectivity index (χ2v) is 7.16. The summed E-state index contributed by atoms with van der Waals surface area (Å²) < 4.78 is 1.88. The van der Waals surface area contributed by atoms with Crippen molar-refractivity contribution >= 4 is 5.91 Å². The van der Waals surface area contributed by atoms with Gasteiger partial charge in [0.25, 0.3) is 5.91 Å². The largest absolute Gasteiger partial charge is 0.337 e. The molecular formula is C19H25N5O. The van der Waals surface area contributed by atoms with Crippen LogP contribution in [0.4, 0.5) is 0 Å². The topological polar surface area (TPSA) is 63.1 Å². The van der Waals surface area contributed by atoms with Crippen LogP contribution in [0.15, 0.2) is 36.5 Å². The summed E-state index contributed by atoms with van der Waals surface area (Å²) in [5, 5.41) is 11.7. The number of carbonyl (C=O) groups excluding carboxylic acids is 1. The van der Waals surface area contributed by atoms with Crippen molar-refractivity contribution in [2.75, 3.05) is 26.2 Å². The van der Waals surface area contributed by atoms with Gasteiger partial charge in [-0.25, -0.2) is 4.68 Å². The van der Waals surface area contributed by atoms with E-state index in [1.54, 1.807) is 0 Å². The van der Waals surface area contributed by atoms with Crippen LogP contribution in [0.1, 0.15) is 41.4 Å². The van der Waals surface area contributed by atoms with E-state index in [2.05, 4.69) is 39.9 Å². The maximum Gasteiger partial charge on any atom is 0.276 e. The predicted molar refractivity (Wildman–Crippen MR) is 95.3 cm³/mol. The van der Waals surface area contributed by atoms with Crippen LogP contribution in [0.5, 0.6) is 0 Å². The van der Waals surface area contributed by atoms with Crippen molar-refractivity contribution in [3.05, 3.63) is 47.8 Å². The Bertz CT molecular complexity index is 708. The fourth-order valence-electron chi connectivity index (χ4n) is 3.92. The standard InChI is InChI=1S/C19H25N5O/c25-19(18-14-24(22-21-18)17-6-9-20-10-7-17)23-11-8-16(13-23)12-15-4-2-1-3-5-15/h1-5,14,16-17,20H,6-13H2/t16-/m1/s1. The van der Waals surface area contributed by atoms with Gasteiger partial charge in [0, 0.05) is 13.1 Å². The SMILES string of the molecule is O=C(c1cn(C2CCNCC2)nn1)N1CC[C@H](Cc2ccccc2)C1. The molecule has 0 unspecified atom stereocenters. The van der Waals surface area contributed by atoms with Gasteiger partial charge >= 0.3 is 0 Å². The fourth-order valence-corrected chi connectivity index (χ4v) is 3.92. The Morgan fingerprint density at radius 2 is 1.96 bits per heavy atom. The molecule has 25 heavy (non-hydrogen) atoms. The third kappa shape index (κ3) is 3.74. The van der Waals surface area contributed by atoms with Crippen LogP contribution in [0, 0.1) is 5.92 Å². The first kappa shape index (κ1) is 16.3. The Labute approximate surface area is 148 Å². The molecule has 1 aromatic carbocycles. The third-order valence-corrected chi connectivity index (χ3v) is 5.35. The van der Waals surface area contributed by atoms with E-state index >= 15 is 0 Å². The van der Waals surface area contributed by atoms with E-state index in [0.29, 0.717) is 17.7 Å². The Hall–Kier alpha value is -2.21. The molecule has 2 aliphatic rings. The number of carbonyl (C=O) groups is 1. The highest BCUT2D eigenvalue weighted by Gasteiger charge is 2.29. The van der Waals surface area contributed by atoms with E-state index in [1.165, 1.54) is 5.56 Å². The first-order valence-corrected chi connectivity index (χ1v) is 9.25. The van der Waals surface area contributed by atoms with E-state index in [-0.39, 0.29) is 5.91 Å². The molecule has 2 aromatic rings. The van der Waals surface area contributed by atoms with E-state index in [9.17, 15) is 4.79 Å². The summed E-state index contributed by atoms with van der Waals surface area (Å²) in [6.07, 6.45) is 6.01. The normalized spacial score (nSPS) is 21.6. The number of likely N-dealkylation sites (tertiary alicyclic amines) is 1. The number of rotatable bonds is 4. The third-order valence-electron chi connectivity index (χ3n) is 5.35. The van der Waals surface area contributed by atoms with Crippen molar-refractivity contribution in [1.29, 1.82) is 0 Å². The molecule has 2 fully saturated rings. The van der Waals surface area contributed by atoms with Crippen LogP contribution in [-0.4, -0.2) is 52.0 Å². The second-order valence-electron chi connectivity index (χ2n) is 7.16. The molecule has 6 heteroatoms. The van der Waals surface area contributed by atoms with Gasteiger partial charge in [0.1, 0.15) is 0 Å². The molecule has 0 radical (unpaired) electrons. The monoisotopic (exact) mass is 339 g/mol. The molecule has 1 amide bonds. The lowest BCUT2D eigenvalue weighted by atomic mass is 9.99. The molecule has 6 nitrogen and oxygen atoms in total. The zero-order valence-corrected chi connectivity index (χ0v) is 14.5. The molecule has 0 spiro atoms. The number of hydrogen-bond donors (Lipinski definition) is 1. The Balaban J connectivity index is 1.36. The summed E-state index contributed by atoms with van der Waals surface area (Å²) in [4.78, 5) is 14.7. The smallest absolute Gasteiger partial charge is 0.276 e. The molecule has 1 N–H and O–H groups in total. The molecule has 3 heterocycles. The van der Waals surface area contributed by atoms with Gasteiger partial charge in [-0.3, -0.25) is 4.79 Å². The van der Waals surface area contributed by atoms with Crippen molar-refractivity contribution in [1.82, 2.24) is 25.2 Å². The van der Waals surface area contributed by atoms with Crippen LogP contribution < -0.4 is 5.32 Å². The predicted octanol–water partition coefficient (Wildman–Crippen LogP) is 1.91. The number of amides is 1. The van der Waals surface area contributed by atoms with Gasteiger partial charge in [0.15, 0.2) is 5.69 Å². The summed E-state index contributed by atoms with van der Waals surface area (Å²) >= 11 is 0. The Kier molecular flexibility index (Phi) is 4.78. The number of hydrogen-bond acceptors (Lipinski definition) is 4. The lowest BCUT2D eigenvalue weighted by Crippen LogP contribution is -2.30. The van der Waals surface area contributed by atoms with Gasteiger partial charge in [0.2, 0.25) is 0 Å². The van der Waals surface area contributed by atoms with Gasteiger partial charge in [-0.05, 0) is 50.3 Å². The highest BCUT2D eigenvalue weighted by atomic mass is 16.2. The molecule has 1 aromatic heterocycles. The van der Waals surface area contributed by atoms with E-state index < -0.39 is 0 Å². The number of nitrogens with one attached hydrogen (secondary N) is 1. The minimum absolute atomic E-state index is 0.0238. The fraction of sp³-hybridized carbons (Fsp3) is 0.526. The highest BCUT2D eigenvalue weighted by Crippen LogP contribution is 2.23. The number of nitrogens with zero attached hydrogens (tertiary/aromatic N) is 4. The minimum atomic E-state index is 0.0238. The van der Waals surface area contributed by atoms with E-state index in [4.69, 9.17) is 0 Å². The highest BCUT2D eigenvalue weighted by molar-refractivity contribution is 5.92. The zero-order chi connectivity index (χ0) is 17.1. The van der Waals surface area contributed by atoms with Crippen molar-refractivity contribution in [3.8, 4) is 0 Å². The molecule has 2 saturated heterocycles. The summed E-state index contributed by atoms with van der Waals surface area (Å²) in [7, 11) is 0. The van der Waals surface area contributed by atoms with Crippen LogP contribution in [-0.2, 0) is 6.42 Å². The zero-order valence-electron chi connectivity index (χ0n) is 14.5. The van der Waals surface area contributed by atoms with Crippen molar-refractivity contribution < 1.29 is 4.79 Å². The van der Waals surface area contributed by atoms with Gasteiger partial charge in [-0.1, -0.05) is 35.5 Å². The molecular weight excluding hydrogens is 314 g/mol. The van der Waals surface area contributed by atoms with E-state index in [0.717, 1.165) is 51.9 Å². The van der Waals surface area contributed by atoms with Crippen molar-refractivity contribution in [2.24, 2.45) is 5.92 Å². The van der Waals surface area contributed by atoms with Gasteiger partial charge in [-0.2, -0.15) is 0 Å². The number of piperidine rings is 1. The van der Waals surface area contributed by atoms with E-state index in [1.807, 2.05) is 21.8 Å². The molecule has 1 atom stereocenters. The first-order valence-electron chi connectivity index (χ1n) is 9.25. The van der Waals surface area contributed by atoms with Crippen LogP contribution in [0.3, 0.4) is 0 Å². The van der Waals surface area contributed by atoms with Crippen LogP contribution in [0.2, 0.25) is 0 Å². The average Bonchev–Trinajstić information content (AvgIpc) is 3.33. The first-order chi connectivity index (χ1) is 12.3. The molecule has 0 saturated carbocycles. The average molecular weight is 339 g/mol. The van der Waals surface area contributed by atoms with Gasteiger partial charge in [0.05, 0.1) is 12.2 Å². The van der Waals surface area contributed by atoms with Gasteiger partial charge < -0.3 is 10.2 Å². The quantitative estimate of drug-likeness (QED) is 0.924. The lowest BCUT2D eigenvalue weighted by Gasteiger charge is -2.22. The summed E-state index contributed by atoms with van der Waals surface area (Å²) in [5.41, 5.74) is 1.83. The Morgan fingerprint density at radius 3 is 2.76 bits per heavy atom. The molecule has 132 valence electrons. The van der Waals surface area contributed by atoms with Crippen LogP contribution >= 0.6 is 0 Å². The summed E-state index contributed by atoms with van der Waals surface area (Å²) in [5.74, 6) is 0.557. The molecule has 0 bridgehead atoms.